The number of hydrogen-bond donors (Lipinski definition) is 0. The molecule has 0 saturated carbocycles. The maximum Gasteiger partial charge on any atom is 0.343 e. The highest BCUT2D eigenvalue weighted by Crippen LogP contribution is 2.21. The summed E-state index contributed by atoms with van der Waals surface area (Å²) in [6.07, 6.45) is 0. The first kappa shape index (κ1) is 14.8. The van der Waals surface area contributed by atoms with Crippen molar-refractivity contribution in [2.75, 3.05) is 19.0 Å². The Balaban J connectivity index is 1.87. The van der Waals surface area contributed by atoms with Crippen LogP contribution in [-0.2, 0) is 0 Å². The van der Waals surface area contributed by atoms with Gasteiger partial charge in [0.2, 0.25) is 0 Å². The van der Waals surface area contributed by atoms with Crippen LogP contribution in [0.1, 0.15) is 10.4 Å². The Morgan fingerprint density at radius 1 is 1.04 bits per heavy atom. The van der Waals surface area contributed by atoms with Crippen LogP contribution in [-0.4, -0.2) is 20.1 Å². The number of anilines is 1. The lowest BCUT2D eigenvalue weighted by molar-refractivity contribution is 0.0735. The summed E-state index contributed by atoms with van der Waals surface area (Å²) < 4.78 is 10.5. The van der Waals surface area contributed by atoms with E-state index in [1.165, 1.54) is 12.1 Å². The fourth-order valence-corrected chi connectivity index (χ4v) is 2.18. The van der Waals surface area contributed by atoms with Crippen molar-refractivity contribution in [2.45, 2.75) is 0 Å². The maximum atomic E-state index is 12.3. The molecule has 0 aliphatic carbocycles. The van der Waals surface area contributed by atoms with E-state index in [2.05, 4.69) is 0 Å². The number of hydrogen-bond acceptors (Lipinski definition) is 5. The summed E-state index contributed by atoms with van der Waals surface area (Å²) in [6, 6.07) is 15.1. The molecule has 0 saturated heterocycles. The topological polar surface area (TPSA) is 59.8 Å². The van der Waals surface area contributed by atoms with Crippen molar-refractivity contribution in [1.82, 2.24) is 0 Å². The number of benzene rings is 2. The lowest BCUT2D eigenvalue weighted by atomic mass is 10.2. The lowest BCUT2D eigenvalue weighted by Gasteiger charge is -2.13. The standard InChI is InChI=1S/C18H15NO4/c1-19(2)14-5-3-4-13(10-14)18(21)22-15-8-6-12-7-9-17(20)23-16(12)11-15/h3-11H,1-2H3. The molecule has 0 bridgehead atoms. The number of fused-ring (bicyclic) bond motifs is 1. The molecule has 0 aliphatic heterocycles. The summed E-state index contributed by atoms with van der Waals surface area (Å²) in [5, 5.41) is 0.763. The van der Waals surface area contributed by atoms with Crippen LogP contribution in [0.4, 0.5) is 5.69 Å². The van der Waals surface area contributed by atoms with Gasteiger partial charge in [0, 0.05) is 37.3 Å². The molecule has 0 atom stereocenters. The molecule has 5 nitrogen and oxygen atoms in total. The molecule has 116 valence electrons. The van der Waals surface area contributed by atoms with Crippen LogP contribution in [0.2, 0.25) is 0 Å². The van der Waals surface area contributed by atoms with E-state index in [9.17, 15) is 9.59 Å². The zero-order valence-corrected chi connectivity index (χ0v) is 12.8. The summed E-state index contributed by atoms with van der Waals surface area (Å²) in [5.41, 5.74) is 1.29. The van der Waals surface area contributed by atoms with Crippen molar-refractivity contribution in [3.05, 3.63) is 70.6 Å². The Bertz CT molecular complexity index is 927. The molecular weight excluding hydrogens is 294 g/mol. The summed E-state index contributed by atoms with van der Waals surface area (Å²) in [6.45, 7) is 0. The van der Waals surface area contributed by atoms with E-state index in [1.54, 1.807) is 36.4 Å². The zero-order valence-electron chi connectivity index (χ0n) is 12.8. The average molecular weight is 309 g/mol. The first-order valence-corrected chi connectivity index (χ1v) is 7.06. The van der Waals surface area contributed by atoms with Gasteiger partial charge in [0.25, 0.3) is 0 Å². The molecule has 0 unspecified atom stereocenters. The number of esters is 1. The first-order chi connectivity index (χ1) is 11.0. The Morgan fingerprint density at radius 3 is 2.61 bits per heavy atom. The average Bonchev–Trinajstić information content (AvgIpc) is 2.54. The highest BCUT2D eigenvalue weighted by atomic mass is 16.5. The highest BCUT2D eigenvalue weighted by Gasteiger charge is 2.11. The summed E-state index contributed by atoms with van der Waals surface area (Å²) >= 11 is 0. The van der Waals surface area contributed by atoms with Gasteiger partial charge in [0.15, 0.2) is 0 Å². The molecule has 3 aromatic rings. The minimum absolute atomic E-state index is 0.326. The Labute approximate surface area is 132 Å². The third kappa shape index (κ3) is 3.23. The van der Waals surface area contributed by atoms with Crippen molar-refractivity contribution >= 4 is 22.6 Å². The third-order valence-corrected chi connectivity index (χ3v) is 3.40. The van der Waals surface area contributed by atoms with Crippen molar-refractivity contribution in [2.24, 2.45) is 0 Å². The van der Waals surface area contributed by atoms with Gasteiger partial charge in [0.05, 0.1) is 5.56 Å². The quantitative estimate of drug-likeness (QED) is 0.423. The van der Waals surface area contributed by atoms with Gasteiger partial charge in [-0.1, -0.05) is 6.07 Å². The first-order valence-electron chi connectivity index (χ1n) is 7.06. The van der Waals surface area contributed by atoms with Crippen LogP contribution in [0.25, 0.3) is 11.0 Å². The van der Waals surface area contributed by atoms with E-state index in [-0.39, 0.29) is 0 Å². The second-order valence-corrected chi connectivity index (χ2v) is 5.29. The predicted molar refractivity (Wildman–Crippen MR) is 88.2 cm³/mol. The number of carbonyl (C=O) groups excluding carboxylic acids is 1. The summed E-state index contributed by atoms with van der Waals surface area (Å²) in [4.78, 5) is 25.4. The second kappa shape index (κ2) is 5.96. The van der Waals surface area contributed by atoms with Gasteiger partial charge in [0.1, 0.15) is 11.3 Å². The van der Waals surface area contributed by atoms with Gasteiger partial charge in [-0.05, 0) is 36.4 Å². The van der Waals surface area contributed by atoms with Crippen LogP contribution in [0, 0.1) is 0 Å². The lowest BCUT2D eigenvalue weighted by Crippen LogP contribution is -2.12. The Morgan fingerprint density at radius 2 is 1.83 bits per heavy atom. The molecule has 5 heteroatoms. The van der Waals surface area contributed by atoms with Gasteiger partial charge >= 0.3 is 11.6 Å². The maximum absolute atomic E-state index is 12.3. The SMILES string of the molecule is CN(C)c1cccc(C(=O)Oc2ccc3ccc(=O)oc3c2)c1. The normalized spacial score (nSPS) is 10.5. The molecule has 1 aromatic heterocycles. The van der Waals surface area contributed by atoms with Gasteiger partial charge < -0.3 is 14.1 Å². The van der Waals surface area contributed by atoms with Crippen LogP contribution < -0.4 is 15.3 Å². The van der Waals surface area contributed by atoms with Crippen LogP contribution in [0.15, 0.2) is 63.8 Å². The molecule has 1 heterocycles. The monoisotopic (exact) mass is 309 g/mol. The molecule has 0 N–H and O–H groups in total. The van der Waals surface area contributed by atoms with Gasteiger partial charge in [-0.25, -0.2) is 9.59 Å². The van der Waals surface area contributed by atoms with Gasteiger partial charge in [-0.2, -0.15) is 0 Å². The van der Waals surface area contributed by atoms with Crippen molar-refractivity contribution in [1.29, 1.82) is 0 Å². The van der Waals surface area contributed by atoms with E-state index in [4.69, 9.17) is 9.15 Å². The van der Waals surface area contributed by atoms with Crippen molar-refractivity contribution < 1.29 is 13.9 Å². The van der Waals surface area contributed by atoms with E-state index in [0.717, 1.165) is 11.1 Å². The van der Waals surface area contributed by atoms with Crippen LogP contribution in [0.3, 0.4) is 0 Å². The van der Waals surface area contributed by atoms with Gasteiger partial charge in [-0.15, -0.1) is 0 Å². The molecule has 3 rings (SSSR count). The van der Waals surface area contributed by atoms with Gasteiger partial charge in [-0.3, -0.25) is 0 Å². The van der Waals surface area contributed by atoms with Crippen molar-refractivity contribution in [3.63, 3.8) is 0 Å². The molecule has 0 radical (unpaired) electrons. The molecule has 23 heavy (non-hydrogen) atoms. The third-order valence-electron chi connectivity index (χ3n) is 3.40. The number of nitrogens with zero attached hydrogens (tertiary/aromatic N) is 1. The Kier molecular flexibility index (Phi) is 3.85. The molecular formula is C18H15NO4. The Hall–Kier alpha value is -3.08. The van der Waals surface area contributed by atoms with E-state index in [0.29, 0.717) is 16.9 Å². The fourth-order valence-electron chi connectivity index (χ4n) is 2.18. The number of ether oxygens (including phenoxy) is 1. The smallest absolute Gasteiger partial charge is 0.343 e. The van der Waals surface area contributed by atoms with E-state index < -0.39 is 11.6 Å². The number of rotatable bonds is 3. The summed E-state index contributed by atoms with van der Waals surface area (Å²) in [7, 11) is 3.80. The second-order valence-electron chi connectivity index (χ2n) is 5.29. The minimum Gasteiger partial charge on any atom is -0.423 e. The van der Waals surface area contributed by atoms with E-state index >= 15 is 0 Å². The number of carbonyl (C=O) groups is 1. The summed E-state index contributed by atoms with van der Waals surface area (Å²) in [5.74, 6) is -0.140. The molecule has 2 aromatic carbocycles. The largest absolute Gasteiger partial charge is 0.423 e. The van der Waals surface area contributed by atoms with Crippen LogP contribution in [0.5, 0.6) is 5.75 Å². The minimum atomic E-state index is -0.466. The molecule has 0 fully saturated rings. The molecule has 0 aliphatic rings. The molecule has 0 spiro atoms. The zero-order chi connectivity index (χ0) is 16.4. The predicted octanol–water partition coefficient (Wildman–Crippen LogP) is 3.08. The molecule has 0 amide bonds. The van der Waals surface area contributed by atoms with E-state index in [1.807, 2.05) is 25.1 Å². The van der Waals surface area contributed by atoms with Crippen molar-refractivity contribution in [3.8, 4) is 5.75 Å². The van der Waals surface area contributed by atoms with Crippen LogP contribution >= 0.6 is 0 Å². The highest BCUT2D eigenvalue weighted by molar-refractivity contribution is 5.92. The fraction of sp³-hybridized carbons (Fsp3) is 0.111.